The van der Waals surface area contributed by atoms with Gasteiger partial charge in [0.15, 0.2) is 0 Å². The predicted molar refractivity (Wildman–Crippen MR) is 71.4 cm³/mol. The Morgan fingerprint density at radius 3 is 2.94 bits per heavy atom. The van der Waals surface area contributed by atoms with Crippen molar-refractivity contribution in [2.75, 3.05) is 7.05 Å². The van der Waals surface area contributed by atoms with E-state index in [2.05, 4.69) is 27.9 Å². The molecule has 0 spiro atoms. The van der Waals surface area contributed by atoms with E-state index in [1.807, 2.05) is 37.8 Å². The van der Waals surface area contributed by atoms with Crippen molar-refractivity contribution in [2.24, 2.45) is 0 Å². The molecule has 0 bridgehead atoms. The van der Waals surface area contributed by atoms with Crippen LogP contribution in [0.1, 0.15) is 18.2 Å². The number of hydrogen-bond donors (Lipinski definition) is 1. The topological polar surface area (TPSA) is 39.1 Å². The van der Waals surface area contributed by atoms with Crippen molar-refractivity contribution in [2.45, 2.75) is 26.6 Å². The zero-order valence-electron chi connectivity index (χ0n) is 10.9. The van der Waals surface area contributed by atoms with Gasteiger partial charge in [0.2, 0.25) is 0 Å². The van der Waals surface area contributed by atoms with Gasteiger partial charge in [0.1, 0.15) is 12.4 Å². The highest BCUT2D eigenvalue weighted by atomic mass is 16.5. The first-order valence-corrected chi connectivity index (χ1v) is 6.19. The minimum atomic E-state index is 0.550. The van der Waals surface area contributed by atoms with E-state index in [1.165, 1.54) is 5.56 Å². The first-order chi connectivity index (χ1) is 8.85. The number of aryl methyl sites for hydroxylation is 1. The number of aromatic nitrogens is 2. The first kappa shape index (κ1) is 12.6. The third kappa shape index (κ3) is 2.90. The van der Waals surface area contributed by atoms with Gasteiger partial charge in [-0.3, -0.25) is 0 Å². The summed E-state index contributed by atoms with van der Waals surface area (Å²) >= 11 is 0. The first-order valence-electron chi connectivity index (χ1n) is 6.19. The fourth-order valence-electron chi connectivity index (χ4n) is 1.89. The molecule has 2 rings (SSSR count). The number of benzene rings is 1. The molecule has 18 heavy (non-hydrogen) atoms. The molecule has 0 atom stereocenters. The van der Waals surface area contributed by atoms with E-state index in [9.17, 15) is 0 Å². The Morgan fingerprint density at radius 2 is 2.17 bits per heavy atom. The van der Waals surface area contributed by atoms with E-state index in [0.717, 1.165) is 24.5 Å². The third-order valence-corrected chi connectivity index (χ3v) is 2.85. The van der Waals surface area contributed by atoms with Crippen molar-refractivity contribution >= 4 is 0 Å². The van der Waals surface area contributed by atoms with Gasteiger partial charge in [0, 0.05) is 18.7 Å². The molecule has 1 heterocycles. The molecule has 4 nitrogen and oxygen atoms in total. The van der Waals surface area contributed by atoms with Gasteiger partial charge in [0.25, 0.3) is 0 Å². The summed E-state index contributed by atoms with van der Waals surface area (Å²) in [5, 5.41) is 3.14. The van der Waals surface area contributed by atoms with Gasteiger partial charge in [-0.1, -0.05) is 18.2 Å². The van der Waals surface area contributed by atoms with Gasteiger partial charge in [-0.05, 0) is 20.0 Å². The van der Waals surface area contributed by atoms with Gasteiger partial charge in [-0.2, -0.15) is 0 Å². The van der Waals surface area contributed by atoms with E-state index in [-0.39, 0.29) is 0 Å². The Kier molecular flexibility index (Phi) is 4.36. The molecule has 0 fully saturated rings. The Hall–Kier alpha value is -1.81. The Labute approximate surface area is 108 Å². The lowest BCUT2D eigenvalue weighted by atomic mass is 10.2. The predicted octanol–water partition coefficient (Wildman–Crippen LogP) is 2.20. The van der Waals surface area contributed by atoms with Crippen LogP contribution in [0.4, 0.5) is 0 Å². The highest BCUT2D eigenvalue weighted by Crippen LogP contribution is 2.19. The van der Waals surface area contributed by atoms with Crippen molar-refractivity contribution in [3.8, 4) is 5.75 Å². The number of para-hydroxylation sites is 1. The zero-order chi connectivity index (χ0) is 12.8. The second kappa shape index (κ2) is 6.21. The van der Waals surface area contributed by atoms with E-state index < -0.39 is 0 Å². The summed E-state index contributed by atoms with van der Waals surface area (Å²) in [5.41, 5.74) is 2.26. The standard InChI is InChI=1S/C14H19N3O/c1-3-17-11-16-9-13(17)10-18-14-7-5-4-6-12(14)8-15-2/h4-7,9,11,15H,3,8,10H2,1-2H3. The molecule has 2 aromatic rings. The van der Waals surface area contributed by atoms with Crippen LogP contribution in [0, 0.1) is 0 Å². The molecular formula is C14H19N3O. The average Bonchev–Trinajstić information content (AvgIpc) is 2.85. The normalized spacial score (nSPS) is 10.6. The highest BCUT2D eigenvalue weighted by molar-refractivity contribution is 5.33. The quantitative estimate of drug-likeness (QED) is 0.848. The van der Waals surface area contributed by atoms with Crippen LogP contribution in [0.3, 0.4) is 0 Å². The summed E-state index contributed by atoms with van der Waals surface area (Å²) in [6.07, 6.45) is 3.68. The monoisotopic (exact) mass is 245 g/mol. The van der Waals surface area contributed by atoms with Gasteiger partial charge in [0.05, 0.1) is 18.2 Å². The smallest absolute Gasteiger partial charge is 0.130 e. The number of rotatable bonds is 6. The Balaban J connectivity index is 2.06. The van der Waals surface area contributed by atoms with Gasteiger partial charge in [-0.25, -0.2) is 4.98 Å². The van der Waals surface area contributed by atoms with E-state index in [4.69, 9.17) is 4.74 Å². The van der Waals surface area contributed by atoms with Crippen LogP contribution < -0.4 is 10.1 Å². The summed E-state index contributed by atoms with van der Waals surface area (Å²) in [5.74, 6) is 0.927. The molecule has 0 saturated heterocycles. The molecule has 0 amide bonds. The number of imidazole rings is 1. The fraction of sp³-hybridized carbons (Fsp3) is 0.357. The van der Waals surface area contributed by atoms with Crippen LogP contribution in [-0.2, 0) is 19.7 Å². The minimum absolute atomic E-state index is 0.550. The molecule has 96 valence electrons. The molecule has 1 N–H and O–H groups in total. The molecule has 0 saturated carbocycles. The lowest BCUT2D eigenvalue weighted by Gasteiger charge is -2.11. The SMILES string of the molecule is CCn1cncc1COc1ccccc1CNC. The molecule has 0 aliphatic carbocycles. The number of nitrogens with one attached hydrogen (secondary N) is 1. The Bertz CT molecular complexity index is 493. The molecule has 0 unspecified atom stereocenters. The lowest BCUT2D eigenvalue weighted by Crippen LogP contribution is -2.08. The van der Waals surface area contributed by atoms with E-state index in [1.54, 1.807) is 0 Å². The summed E-state index contributed by atoms with van der Waals surface area (Å²) < 4.78 is 7.96. The summed E-state index contributed by atoms with van der Waals surface area (Å²) in [6.45, 7) is 4.37. The van der Waals surface area contributed by atoms with Gasteiger partial charge >= 0.3 is 0 Å². The van der Waals surface area contributed by atoms with Crippen molar-refractivity contribution in [3.63, 3.8) is 0 Å². The zero-order valence-corrected chi connectivity index (χ0v) is 10.9. The minimum Gasteiger partial charge on any atom is -0.487 e. The lowest BCUT2D eigenvalue weighted by molar-refractivity contribution is 0.292. The van der Waals surface area contributed by atoms with E-state index in [0.29, 0.717) is 6.61 Å². The van der Waals surface area contributed by atoms with Crippen molar-refractivity contribution < 1.29 is 4.74 Å². The van der Waals surface area contributed by atoms with Crippen LogP contribution >= 0.6 is 0 Å². The second-order valence-electron chi connectivity index (χ2n) is 4.10. The third-order valence-electron chi connectivity index (χ3n) is 2.85. The summed E-state index contributed by atoms with van der Waals surface area (Å²) in [4.78, 5) is 4.13. The highest BCUT2D eigenvalue weighted by Gasteiger charge is 2.05. The summed E-state index contributed by atoms with van der Waals surface area (Å²) in [7, 11) is 1.93. The molecule has 1 aromatic heterocycles. The van der Waals surface area contributed by atoms with Crippen LogP contribution in [-0.4, -0.2) is 16.6 Å². The Morgan fingerprint density at radius 1 is 1.33 bits per heavy atom. The number of hydrogen-bond acceptors (Lipinski definition) is 3. The summed E-state index contributed by atoms with van der Waals surface area (Å²) in [6, 6.07) is 8.09. The molecule has 0 aliphatic rings. The maximum atomic E-state index is 5.88. The van der Waals surface area contributed by atoms with Crippen LogP contribution in [0.2, 0.25) is 0 Å². The fourth-order valence-corrected chi connectivity index (χ4v) is 1.89. The van der Waals surface area contributed by atoms with E-state index >= 15 is 0 Å². The largest absolute Gasteiger partial charge is 0.487 e. The van der Waals surface area contributed by atoms with Crippen molar-refractivity contribution in [3.05, 3.63) is 48.0 Å². The average molecular weight is 245 g/mol. The van der Waals surface area contributed by atoms with Gasteiger partial charge in [-0.15, -0.1) is 0 Å². The molecule has 0 aliphatic heterocycles. The maximum absolute atomic E-state index is 5.88. The van der Waals surface area contributed by atoms with Crippen LogP contribution in [0.5, 0.6) is 5.75 Å². The molecular weight excluding hydrogens is 226 g/mol. The second-order valence-corrected chi connectivity index (χ2v) is 4.10. The number of nitrogens with zero attached hydrogens (tertiary/aromatic N) is 2. The molecule has 0 radical (unpaired) electrons. The maximum Gasteiger partial charge on any atom is 0.130 e. The molecule has 4 heteroatoms. The van der Waals surface area contributed by atoms with Crippen LogP contribution in [0.15, 0.2) is 36.8 Å². The van der Waals surface area contributed by atoms with Crippen molar-refractivity contribution in [1.29, 1.82) is 0 Å². The van der Waals surface area contributed by atoms with Crippen LogP contribution in [0.25, 0.3) is 0 Å². The molecule has 1 aromatic carbocycles. The number of ether oxygens (including phenoxy) is 1. The van der Waals surface area contributed by atoms with Gasteiger partial charge < -0.3 is 14.6 Å². The van der Waals surface area contributed by atoms with Crippen molar-refractivity contribution in [1.82, 2.24) is 14.9 Å².